The number of piperazine rings is 1. The van der Waals surface area contributed by atoms with Crippen LogP contribution in [0.4, 0.5) is 0 Å². The Labute approximate surface area is 128 Å². The zero-order valence-electron chi connectivity index (χ0n) is 11.6. The number of alkyl halides is 1. The first kappa shape index (κ1) is 14.3. The lowest BCUT2D eigenvalue weighted by Crippen LogP contribution is -2.48. The highest BCUT2D eigenvalue weighted by Gasteiger charge is 2.22. The van der Waals surface area contributed by atoms with Crippen LogP contribution in [0.1, 0.15) is 28.4 Å². The first-order valence-electron chi connectivity index (χ1n) is 7.30. The van der Waals surface area contributed by atoms with E-state index in [0.29, 0.717) is 12.3 Å². The van der Waals surface area contributed by atoms with Gasteiger partial charge < -0.3 is 4.90 Å². The molecular weight excluding hydrogens is 294 g/mol. The summed E-state index contributed by atoms with van der Waals surface area (Å²) in [5.74, 6) is 0.608. The summed E-state index contributed by atoms with van der Waals surface area (Å²) in [6, 6.07) is 0. The molecule has 110 valence electrons. The second kappa shape index (κ2) is 6.41. The molecule has 1 aliphatic carbocycles. The highest BCUT2D eigenvalue weighted by Crippen LogP contribution is 2.28. The molecule has 0 bridgehead atoms. The lowest BCUT2D eigenvalue weighted by atomic mass is 10.3. The highest BCUT2D eigenvalue weighted by molar-refractivity contribution is 7.11. The SMILES string of the molecule is O=C(CCCl)N1CCN(Cc2nc3c(s2)CCC3)CC1. The third-order valence-electron chi connectivity index (χ3n) is 4.03. The molecule has 20 heavy (non-hydrogen) atoms. The van der Waals surface area contributed by atoms with E-state index in [4.69, 9.17) is 16.6 Å². The molecule has 2 aliphatic rings. The van der Waals surface area contributed by atoms with Crippen molar-refractivity contribution in [3.8, 4) is 0 Å². The molecule has 0 N–H and O–H groups in total. The zero-order chi connectivity index (χ0) is 13.9. The molecule has 1 aromatic heterocycles. The Hall–Kier alpha value is -0.650. The molecule has 4 nitrogen and oxygen atoms in total. The number of thiazole rings is 1. The molecule has 6 heteroatoms. The van der Waals surface area contributed by atoms with Crippen LogP contribution in [0.2, 0.25) is 0 Å². The van der Waals surface area contributed by atoms with Gasteiger partial charge in [-0.15, -0.1) is 22.9 Å². The van der Waals surface area contributed by atoms with Crippen molar-refractivity contribution in [3.05, 3.63) is 15.6 Å². The number of aromatic nitrogens is 1. The van der Waals surface area contributed by atoms with Crippen LogP contribution in [-0.2, 0) is 24.2 Å². The van der Waals surface area contributed by atoms with Gasteiger partial charge in [0.25, 0.3) is 0 Å². The van der Waals surface area contributed by atoms with Crippen LogP contribution in [0.15, 0.2) is 0 Å². The minimum atomic E-state index is 0.188. The summed E-state index contributed by atoms with van der Waals surface area (Å²) in [4.78, 5) is 22.3. The van der Waals surface area contributed by atoms with E-state index in [1.54, 1.807) is 0 Å². The van der Waals surface area contributed by atoms with Gasteiger partial charge in [-0.3, -0.25) is 9.69 Å². The van der Waals surface area contributed by atoms with Crippen LogP contribution >= 0.6 is 22.9 Å². The number of nitrogens with zero attached hydrogens (tertiary/aromatic N) is 3. The summed E-state index contributed by atoms with van der Waals surface area (Å²) in [6.07, 6.45) is 4.11. The highest BCUT2D eigenvalue weighted by atomic mass is 35.5. The van der Waals surface area contributed by atoms with Crippen molar-refractivity contribution in [1.29, 1.82) is 0 Å². The van der Waals surface area contributed by atoms with Crippen molar-refractivity contribution in [1.82, 2.24) is 14.8 Å². The fourth-order valence-electron chi connectivity index (χ4n) is 2.90. The molecule has 1 amide bonds. The van der Waals surface area contributed by atoms with Gasteiger partial charge in [0.15, 0.2) is 0 Å². The summed E-state index contributed by atoms with van der Waals surface area (Å²) >= 11 is 7.50. The Balaban J connectivity index is 1.49. The van der Waals surface area contributed by atoms with Gasteiger partial charge in [0.05, 0.1) is 12.2 Å². The van der Waals surface area contributed by atoms with E-state index in [2.05, 4.69) is 4.90 Å². The molecule has 1 fully saturated rings. The van der Waals surface area contributed by atoms with Gasteiger partial charge in [-0.1, -0.05) is 0 Å². The molecule has 0 saturated carbocycles. The van der Waals surface area contributed by atoms with Gasteiger partial charge in [0.2, 0.25) is 5.91 Å². The quantitative estimate of drug-likeness (QED) is 0.797. The van der Waals surface area contributed by atoms with Gasteiger partial charge in [0, 0.05) is 43.4 Å². The number of fused-ring (bicyclic) bond motifs is 1. The van der Waals surface area contributed by atoms with Crippen molar-refractivity contribution in [3.63, 3.8) is 0 Å². The van der Waals surface area contributed by atoms with Crippen molar-refractivity contribution in [2.24, 2.45) is 0 Å². The Morgan fingerprint density at radius 3 is 2.75 bits per heavy atom. The number of carbonyl (C=O) groups is 1. The minimum absolute atomic E-state index is 0.188. The first-order chi connectivity index (χ1) is 9.76. The predicted molar refractivity (Wildman–Crippen MR) is 81.3 cm³/mol. The number of hydrogen-bond donors (Lipinski definition) is 0. The maximum atomic E-state index is 11.8. The van der Waals surface area contributed by atoms with Crippen LogP contribution in [-0.4, -0.2) is 52.8 Å². The van der Waals surface area contributed by atoms with E-state index in [1.807, 2.05) is 16.2 Å². The van der Waals surface area contributed by atoms with Crippen LogP contribution < -0.4 is 0 Å². The van der Waals surface area contributed by atoms with Crippen LogP contribution in [0, 0.1) is 0 Å². The van der Waals surface area contributed by atoms with Crippen molar-refractivity contribution >= 4 is 28.8 Å². The lowest BCUT2D eigenvalue weighted by molar-refractivity contribution is -0.132. The molecule has 3 rings (SSSR count). The number of aryl methyl sites for hydroxylation is 2. The lowest BCUT2D eigenvalue weighted by Gasteiger charge is -2.34. The molecule has 0 atom stereocenters. The van der Waals surface area contributed by atoms with E-state index in [-0.39, 0.29) is 5.91 Å². The van der Waals surface area contributed by atoms with Crippen molar-refractivity contribution in [2.45, 2.75) is 32.2 Å². The standard InChI is InChI=1S/C14H20ClN3OS/c15-5-4-14(19)18-8-6-17(7-9-18)10-13-16-11-2-1-3-12(11)20-13/h1-10H2. The van der Waals surface area contributed by atoms with Crippen molar-refractivity contribution in [2.75, 3.05) is 32.1 Å². The number of carbonyl (C=O) groups excluding carboxylic acids is 1. The molecule has 1 saturated heterocycles. The summed E-state index contributed by atoms with van der Waals surface area (Å²) in [6.45, 7) is 4.47. The Morgan fingerprint density at radius 1 is 1.25 bits per heavy atom. The van der Waals surface area contributed by atoms with E-state index in [0.717, 1.165) is 39.1 Å². The Kier molecular flexibility index (Phi) is 4.58. The molecule has 0 spiro atoms. The second-order valence-electron chi connectivity index (χ2n) is 5.43. The normalized spacial score (nSPS) is 19.4. The third kappa shape index (κ3) is 3.15. The summed E-state index contributed by atoms with van der Waals surface area (Å²) in [5.41, 5.74) is 1.33. The van der Waals surface area contributed by atoms with E-state index in [1.165, 1.54) is 28.4 Å². The van der Waals surface area contributed by atoms with Gasteiger partial charge in [-0.25, -0.2) is 4.98 Å². The van der Waals surface area contributed by atoms with Crippen LogP contribution in [0.3, 0.4) is 0 Å². The van der Waals surface area contributed by atoms with Gasteiger partial charge in [0.1, 0.15) is 5.01 Å². The fourth-order valence-corrected chi connectivity index (χ4v) is 4.26. The predicted octanol–water partition coefficient (Wildman–Crippen LogP) is 1.90. The average molecular weight is 314 g/mol. The molecule has 0 radical (unpaired) electrons. The molecule has 1 aliphatic heterocycles. The van der Waals surface area contributed by atoms with Crippen LogP contribution in [0.25, 0.3) is 0 Å². The maximum Gasteiger partial charge on any atom is 0.223 e. The third-order valence-corrected chi connectivity index (χ3v) is 5.36. The Bertz CT molecular complexity index is 461. The fraction of sp³-hybridized carbons (Fsp3) is 0.714. The van der Waals surface area contributed by atoms with Gasteiger partial charge in [-0.2, -0.15) is 0 Å². The second-order valence-corrected chi connectivity index (χ2v) is 6.97. The van der Waals surface area contributed by atoms with Gasteiger partial charge in [-0.05, 0) is 19.3 Å². The first-order valence-corrected chi connectivity index (χ1v) is 8.65. The van der Waals surface area contributed by atoms with E-state index >= 15 is 0 Å². The molecular formula is C14H20ClN3OS. The smallest absolute Gasteiger partial charge is 0.223 e. The largest absolute Gasteiger partial charge is 0.340 e. The number of halogens is 1. The number of amides is 1. The van der Waals surface area contributed by atoms with Gasteiger partial charge >= 0.3 is 0 Å². The van der Waals surface area contributed by atoms with E-state index in [9.17, 15) is 4.79 Å². The summed E-state index contributed by atoms with van der Waals surface area (Å²) in [5, 5.41) is 1.25. The Morgan fingerprint density at radius 2 is 2.05 bits per heavy atom. The molecule has 0 unspecified atom stereocenters. The summed E-state index contributed by atoms with van der Waals surface area (Å²) in [7, 11) is 0. The van der Waals surface area contributed by atoms with Crippen molar-refractivity contribution < 1.29 is 4.79 Å². The number of rotatable bonds is 4. The minimum Gasteiger partial charge on any atom is -0.340 e. The summed E-state index contributed by atoms with van der Waals surface area (Å²) < 4.78 is 0. The monoisotopic (exact) mass is 313 g/mol. The number of hydrogen-bond acceptors (Lipinski definition) is 4. The molecule has 1 aromatic rings. The molecule has 0 aromatic carbocycles. The zero-order valence-corrected chi connectivity index (χ0v) is 13.2. The topological polar surface area (TPSA) is 36.4 Å². The van der Waals surface area contributed by atoms with Crippen LogP contribution in [0.5, 0.6) is 0 Å². The maximum absolute atomic E-state index is 11.8. The average Bonchev–Trinajstić information content (AvgIpc) is 3.01. The molecule has 2 heterocycles. The van der Waals surface area contributed by atoms with E-state index < -0.39 is 0 Å².